The van der Waals surface area contributed by atoms with E-state index < -0.39 is 5.97 Å². The van der Waals surface area contributed by atoms with Gasteiger partial charge in [0.2, 0.25) is 0 Å². The van der Waals surface area contributed by atoms with Crippen LogP contribution in [0, 0.1) is 0 Å². The Kier molecular flexibility index (Phi) is 1.82. The maximum atomic E-state index is 11.0. The second kappa shape index (κ2) is 3.28. The third-order valence-electron chi connectivity index (χ3n) is 4.28. The summed E-state index contributed by atoms with van der Waals surface area (Å²) in [6.45, 7) is 2.24. The number of carboxylic acid groups (broad SMARTS) is 1. The highest BCUT2D eigenvalue weighted by Crippen LogP contribution is 2.45. The second-order valence-electron chi connectivity index (χ2n) is 5.21. The molecule has 4 heterocycles. The van der Waals surface area contributed by atoms with Gasteiger partial charge >= 0.3 is 5.97 Å². The van der Waals surface area contributed by atoms with Gasteiger partial charge in [0.15, 0.2) is 0 Å². The Hall–Kier alpha value is -1.97. The number of rotatable bonds is 1. The Morgan fingerprint density at radius 1 is 1.33 bits per heavy atom. The third-order valence-corrected chi connectivity index (χ3v) is 4.28. The average molecular weight is 242 g/mol. The zero-order valence-corrected chi connectivity index (χ0v) is 9.94. The summed E-state index contributed by atoms with van der Waals surface area (Å²) in [6, 6.07) is 5.41. The minimum absolute atomic E-state index is 0.350. The van der Waals surface area contributed by atoms with Gasteiger partial charge in [-0.3, -0.25) is 0 Å². The number of carbonyl (C=O) groups is 1. The molecule has 0 radical (unpaired) electrons. The number of fused-ring (bicyclic) bond motifs is 3. The number of benzene rings is 1. The van der Waals surface area contributed by atoms with Crippen LogP contribution in [0.2, 0.25) is 0 Å². The standard InChI is InChI=1S/C14H14N2O2/c17-14(18)9-1-2-10-11(7-9)15-13-12(10)8-3-5-16(13)6-4-8/h1-2,7-8,15H,3-6H2,(H,17,18). The molecule has 0 spiro atoms. The van der Waals surface area contributed by atoms with E-state index in [2.05, 4.69) is 9.88 Å². The predicted molar refractivity (Wildman–Crippen MR) is 69.4 cm³/mol. The Morgan fingerprint density at radius 3 is 2.83 bits per heavy atom. The molecule has 2 aromatic rings. The van der Waals surface area contributed by atoms with Crippen molar-refractivity contribution in [2.45, 2.75) is 18.8 Å². The van der Waals surface area contributed by atoms with Crippen molar-refractivity contribution >= 4 is 22.7 Å². The lowest BCUT2D eigenvalue weighted by atomic mass is 9.84. The van der Waals surface area contributed by atoms with Crippen molar-refractivity contribution in [3.63, 3.8) is 0 Å². The van der Waals surface area contributed by atoms with Crippen LogP contribution in [0.25, 0.3) is 10.9 Å². The van der Waals surface area contributed by atoms with Crippen molar-refractivity contribution in [2.75, 3.05) is 18.0 Å². The number of hydrogen-bond donors (Lipinski definition) is 2. The minimum Gasteiger partial charge on any atom is -0.478 e. The number of nitrogens with zero attached hydrogens (tertiary/aromatic N) is 1. The summed E-state index contributed by atoms with van der Waals surface area (Å²) >= 11 is 0. The van der Waals surface area contributed by atoms with E-state index in [1.807, 2.05) is 6.07 Å². The van der Waals surface area contributed by atoms with E-state index in [1.54, 1.807) is 12.1 Å². The van der Waals surface area contributed by atoms with Crippen molar-refractivity contribution in [2.24, 2.45) is 0 Å². The number of aromatic carboxylic acids is 1. The molecule has 1 aromatic heterocycles. The molecular weight excluding hydrogens is 228 g/mol. The molecule has 1 aromatic carbocycles. The monoisotopic (exact) mass is 242 g/mol. The molecule has 18 heavy (non-hydrogen) atoms. The number of anilines is 1. The van der Waals surface area contributed by atoms with Gasteiger partial charge in [0.1, 0.15) is 5.82 Å². The number of aromatic amines is 1. The summed E-state index contributed by atoms with van der Waals surface area (Å²) in [5.74, 6) is 0.997. The van der Waals surface area contributed by atoms with E-state index in [4.69, 9.17) is 5.11 Å². The Balaban J connectivity index is 1.98. The minimum atomic E-state index is -0.868. The molecule has 1 saturated heterocycles. The molecule has 0 aliphatic carbocycles. The van der Waals surface area contributed by atoms with E-state index in [1.165, 1.54) is 29.6 Å². The van der Waals surface area contributed by atoms with Gasteiger partial charge in [-0.15, -0.1) is 0 Å². The van der Waals surface area contributed by atoms with Crippen LogP contribution in [-0.4, -0.2) is 29.1 Å². The first kappa shape index (κ1) is 10.00. The summed E-state index contributed by atoms with van der Waals surface area (Å²) in [5.41, 5.74) is 2.71. The molecule has 0 saturated carbocycles. The number of hydrogen-bond acceptors (Lipinski definition) is 2. The molecule has 5 rings (SSSR count). The number of H-pyrrole nitrogens is 1. The predicted octanol–water partition coefficient (Wildman–Crippen LogP) is 2.56. The van der Waals surface area contributed by atoms with Gasteiger partial charge in [0, 0.05) is 29.6 Å². The lowest BCUT2D eigenvalue weighted by Crippen LogP contribution is -2.38. The molecule has 0 atom stereocenters. The molecule has 1 fully saturated rings. The molecule has 2 N–H and O–H groups in total. The fourth-order valence-electron chi connectivity index (χ4n) is 3.39. The van der Waals surface area contributed by atoms with Gasteiger partial charge in [-0.2, -0.15) is 0 Å². The van der Waals surface area contributed by atoms with E-state index in [0.717, 1.165) is 18.6 Å². The Labute approximate surface area is 104 Å². The van der Waals surface area contributed by atoms with Crippen molar-refractivity contribution in [3.05, 3.63) is 29.3 Å². The second-order valence-corrected chi connectivity index (χ2v) is 5.21. The van der Waals surface area contributed by atoms with Crippen molar-refractivity contribution in [1.29, 1.82) is 0 Å². The largest absolute Gasteiger partial charge is 0.478 e. The molecule has 4 nitrogen and oxygen atoms in total. The lowest BCUT2D eigenvalue weighted by molar-refractivity contribution is 0.0697. The summed E-state index contributed by atoms with van der Waals surface area (Å²) in [5, 5.41) is 10.2. The quantitative estimate of drug-likeness (QED) is 0.808. The SMILES string of the molecule is O=C(O)c1ccc2c3c([nH]c2c1)N1CCC3CC1. The van der Waals surface area contributed by atoms with Gasteiger partial charge in [-0.05, 0) is 30.9 Å². The topological polar surface area (TPSA) is 56.3 Å². The molecule has 92 valence electrons. The van der Waals surface area contributed by atoms with E-state index in [9.17, 15) is 4.79 Å². The maximum absolute atomic E-state index is 11.0. The molecule has 3 aliphatic heterocycles. The average Bonchev–Trinajstić information content (AvgIpc) is 2.80. The van der Waals surface area contributed by atoms with Gasteiger partial charge in [-0.1, -0.05) is 6.07 Å². The maximum Gasteiger partial charge on any atom is 0.335 e. The normalized spacial score (nSPS) is 18.3. The first-order chi connectivity index (χ1) is 8.74. The number of nitrogens with one attached hydrogen (secondary N) is 1. The Bertz CT molecular complexity index is 651. The van der Waals surface area contributed by atoms with Gasteiger partial charge < -0.3 is 15.0 Å². The summed E-state index contributed by atoms with van der Waals surface area (Å²) < 4.78 is 0. The molecule has 0 unspecified atom stereocenters. The van der Waals surface area contributed by atoms with E-state index in [0.29, 0.717) is 11.5 Å². The van der Waals surface area contributed by atoms with Crippen LogP contribution in [-0.2, 0) is 0 Å². The highest BCUT2D eigenvalue weighted by molar-refractivity contribution is 5.97. The Morgan fingerprint density at radius 2 is 2.11 bits per heavy atom. The number of aromatic nitrogens is 1. The van der Waals surface area contributed by atoms with Crippen LogP contribution >= 0.6 is 0 Å². The zero-order valence-electron chi connectivity index (χ0n) is 9.94. The van der Waals surface area contributed by atoms with Gasteiger partial charge in [0.05, 0.1) is 5.56 Å². The molecular formula is C14H14N2O2. The van der Waals surface area contributed by atoms with Gasteiger partial charge in [0.25, 0.3) is 0 Å². The summed E-state index contributed by atoms with van der Waals surface area (Å²) in [4.78, 5) is 16.8. The fourth-order valence-corrected chi connectivity index (χ4v) is 3.39. The lowest BCUT2D eigenvalue weighted by Gasteiger charge is -2.40. The van der Waals surface area contributed by atoms with E-state index >= 15 is 0 Å². The molecule has 3 aliphatic rings. The summed E-state index contributed by atoms with van der Waals surface area (Å²) in [6.07, 6.45) is 2.45. The van der Waals surface area contributed by atoms with Gasteiger partial charge in [-0.25, -0.2) is 4.79 Å². The van der Waals surface area contributed by atoms with E-state index in [-0.39, 0.29) is 0 Å². The van der Waals surface area contributed by atoms with Crippen LogP contribution in [0.5, 0.6) is 0 Å². The first-order valence-electron chi connectivity index (χ1n) is 6.38. The molecule has 0 amide bonds. The van der Waals surface area contributed by atoms with Crippen LogP contribution in [0.4, 0.5) is 5.82 Å². The van der Waals surface area contributed by atoms with Crippen LogP contribution in [0.15, 0.2) is 18.2 Å². The third kappa shape index (κ3) is 1.17. The molecule has 2 bridgehead atoms. The highest BCUT2D eigenvalue weighted by atomic mass is 16.4. The van der Waals surface area contributed by atoms with Crippen molar-refractivity contribution in [3.8, 4) is 0 Å². The van der Waals surface area contributed by atoms with Crippen molar-refractivity contribution in [1.82, 2.24) is 4.98 Å². The smallest absolute Gasteiger partial charge is 0.335 e. The van der Waals surface area contributed by atoms with Crippen LogP contribution < -0.4 is 4.90 Å². The number of piperidine rings is 1. The number of carboxylic acids is 1. The highest BCUT2D eigenvalue weighted by Gasteiger charge is 2.33. The molecule has 4 heteroatoms. The van der Waals surface area contributed by atoms with Crippen LogP contribution in [0.1, 0.15) is 34.7 Å². The fraction of sp³-hybridized carbons (Fsp3) is 0.357. The van der Waals surface area contributed by atoms with Crippen LogP contribution in [0.3, 0.4) is 0 Å². The summed E-state index contributed by atoms with van der Waals surface area (Å²) in [7, 11) is 0. The van der Waals surface area contributed by atoms with Crippen molar-refractivity contribution < 1.29 is 9.90 Å². The first-order valence-corrected chi connectivity index (χ1v) is 6.38. The zero-order chi connectivity index (χ0) is 12.3.